The van der Waals surface area contributed by atoms with Gasteiger partial charge >= 0.3 is 0 Å². The molecule has 16 heavy (non-hydrogen) atoms. The topological polar surface area (TPSA) is 45.0 Å². The van der Waals surface area contributed by atoms with Crippen LogP contribution in [0.3, 0.4) is 0 Å². The first kappa shape index (κ1) is 12.1. The van der Waals surface area contributed by atoms with E-state index in [1.807, 2.05) is 13.0 Å². The van der Waals surface area contributed by atoms with Crippen LogP contribution in [0.1, 0.15) is 18.1 Å². The van der Waals surface area contributed by atoms with Gasteiger partial charge in [-0.2, -0.15) is 5.26 Å². The molecule has 0 aromatic heterocycles. The van der Waals surface area contributed by atoms with Crippen molar-refractivity contribution in [1.29, 1.82) is 5.26 Å². The summed E-state index contributed by atoms with van der Waals surface area (Å²) < 4.78 is 5.06. The normalized spacial score (nSPS) is 11.2. The molecule has 0 radical (unpaired) electrons. The zero-order chi connectivity index (χ0) is 12.0. The highest BCUT2D eigenvalue weighted by molar-refractivity contribution is 5.45. The van der Waals surface area contributed by atoms with Crippen molar-refractivity contribution in [2.45, 2.75) is 19.5 Å². The number of nitrogens with one attached hydrogen (secondary N) is 1. The molecular weight excluding hydrogens is 200 g/mol. The third-order valence-corrected chi connectivity index (χ3v) is 2.25. The van der Waals surface area contributed by atoms with Crippen LogP contribution in [0.4, 0.5) is 0 Å². The number of hydrogen-bond donors (Lipinski definition) is 1. The number of rotatable bonds is 4. The van der Waals surface area contributed by atoms with Crippen LogP contribution >= 0.6 is 0 Å². The van der Waals surface area contributed by atoms with Crippen LogP contribution in [0.5, 0.6) is 5.75 Å². The molecule has 1 aromatic rings. The molecule has 1 rings (SSSR count). The first-order chi connectivity index (χ1) is 7.71. The van der Waals surface area contributed by atoms with E-state index in [0.717, 1.165) is 5.56 Å². The Hall–Kier alpha value is -1.97. The highest BCUT2D eigenvalue weighted by Crippen LogP contribution is 2.18. The van der Waals surface area contributed by atoms with Gasteiger partial charge in [0.05, 0.1) is 18.7 Å². The summed E-state index contributed by atoms with van der Waals surface area (Å²) in [4.78, 5) is 0. The Bertz CT molecular complexity index is 440. The van der Waals surface area contributed by atoms with Gasteiger partial charge in [0.2, 0.25) is 0 Å². The van der Waals surface area contributed by atoms with Gasteiger partial charge in [0.15, 0.2) is 0 Å². The molecule has 0 bridgehead atoms. The molecule has 1 aromatic carbocycles. The molecule has 3 heteroatoms. The largest absolute Gasteiger partial charge is 0.495 e. The van der Waals surface area contributed by atoms with Crippen molar-refractivity contribution < 1.29 is 4.74 Å². The molecular formula is C13H14N2O. The molecule has 0 heterocycles. The van der Waals surface area contributed by atoms with Crippen molar-refractivity contribution in [3.05, 3.63) is 29.3 Å². The molecule has 0 fully saturated rings. The lowest BCUT2D eigenvalue weighted by Crippen LogP contribution is -2.23. The molecule has 1 unspecified atom stereocenters. The Morgan fingerprint density at radius 2 is 2.31 bits per heavy atom. The average Bonchev–Trinajstić information content (AvgIpc) is 2.35. The number of hydrogen-bond acceptors (Lipinski definition) is 3. The molecule has 0 aliphatic heterocycles. The fourth-order valence-corrected chi connectivity index (χ4v) is 1.28. The minimum Gasteiger partial charge on any atom is -0.495 e. The minimum absolute atomic E-state index is 0.0210. The first-order valence-corrected chi connectivity index (χ1v) is 4.97. The zero-order valence-corrected chi connectivity index (χ0v) is 9.45. The molecule has 1 atom stereocenters. The summed E-state index contributed by atoms with van der Waals surface area (Å²) in [5.41, 5.74) is 1.55. The molecule has 0 aliphatic carbocycles. The second-order valence-electron chi connectivity index (χ2n) is 3.42. The second-order valence-corrected chi connectivity index (χ2v) is 3.42. The van der Waals surface area contributed by atoms with Crippen molar-refractivity contribution in [3.63, 3.8) is 0 Å². The van der Waals surface area contributed by atoms with Gasteiger partial charge in [0.1, 0.15) is 11.8 Å². The molecule has 0 amide bonds. The fraction of sp³-hybridized carbons (Fsp3) is 0.308. The summed E-state index contributed by atoms with van der Waals surface area (Å²) in [6.07, 6.45) is 5.25. The van der Waals surface area contributed by atoms with Gasteiger partial charge in [0, 0.05) is 6.54 Å². The van der Waals surface area contributed by atoms with Crippen molar-refractivity contribution >= 4 is 0 Å². The van der Waals surface area contributed by atoms with Gasteiger partial charge in [-0.15, -0.1) is 6.42 Å². The summed E-state index contributed by atoms with van der Waals surface area (Å²) in [7, 11) is 1.55. The van der Waals surface area contributed by atoms with Crippen molar-refractivity contribution in [1.82, 2.24) is 5.32 Å². The van der Waals surface area contributed by atoms with E-state index in [1.54, 1.807) is 19.2 Å². The van der Waals surface area contributed by atoms with Crippen molar-refractivity contribution in [3.8, 4) is 24.2 Å². The van der Waals surface area contributed by atoms with E-state index in [0.29, 0.717) is 17.9 Å². The number of terminal acetylenes is 1. The summed E-state index contributed by atoms with van der Waals surface area (Å²) in [6, 6.07) is 7.62. The van der Waals surface area contributed by atoms with E-state index in [-0.39, 0.29) is 6.04 Å². The summed E-state index contributed by atoms with van der Waals surface area (Å²) in [5.74, 6) is 3.18. The summed E-state index contributed by atoms with van der Waals surface area (Å²) >= 11 is 0. The standard InChI is InChI=1S/C13H14N2O/c1-4-10(2)15-9-11-5-6-13(16-3)12(7-11)8-14/h1,5-7,10,15H,9H2,2-3H3. The predicted octanol–water partition coefficient (Wildman–Crippen LogP) is 1.68. The van der Waals surface area contributed by atoms with Crippen molar-refractivity contribution in [2.24, 2.45) is 0 Å². The third-order valence-electron chi connectivity index (χ3n) is 2.25. The van der Waals surface area contributed by atoms with E-state index in [4.69, 9.17) is 16.4 Å². The SMILES string of the molecule is C#CC(C)NCc1ccc(OC)c(C#N)c1. The van der Waals surface area contributed by atoms with Crippen LogP contribution in [0.15, 0.2) is 18.2 Å². The van der Waals surface area contributed by atoms with Gasteiger partial charge in [0.25, 0.3) is 0 Å². The lowest BCUT2D eigenvalue weighted by molar-refractivity contribution is 0.413. The zero-order valence-electron chi connectivity index (χ0n) is 9.45. The summed E-state index contributed by atoms with van der Waals surface area (Å²) in [6.45, 7) is 2.55. The Kier molecular flexibility index (Phi) is 4.39. The summed E-state index contributed by atoms with van der Waals surface area (Å²) in [5, 5.41) is 12.1. The van der Waals surface area contributed by atoms with E-state index < -0.39 is 0 Å². The monoisotopic (exact) mass is 214 g/mol. The lowest BCUT2D eigenvalue weighted by Gasteiger charge is -2.09. The van der Waals surface area contributed by atoms with E-state index >= 15 is 0 Å². The lowest BCUT2D eigenvalue weighted by atomic mass is 10.1. The molecule has 82 valence electrons. The van der Waals surface area contributed by atoms with Crippen LogP contribution in [0.2, 0.25) is 0 Å². The van der Waals surface area contributed by atoms with Gasteiger partial charge < -0.3 is 4.74 Å². The van der Waals surface area contributed by atoms with E-state index in [9.17, 15) is 0 Å². The number of ether oxygens (including phenoxy) is 1. The minimum atomic E-state index is 0.0210. The van der Waals surface area contributed by atoms with E-state index in [2.05, 4.69) is 17.3 Å². The molecule has 1 N–H and O–H groups in total. The third kappa shape index (κ3) is 3.02. The van der Waals surface area contributed by atoms with Crippen LogP contribution in [-0.4, -0.2) is 13.2 Å². The Morgan fingerprint density at radius 1 is 1.56 bits per heavy atom. The Balaban J connectivity index is 2.77. The van der Waals surface area contributed by atoms with Crippen LogP contribution in [0, 0.1) is 23.7 Å². The number of nitrogens with zero attached hydrogens (tertiary/aromatic N) is 1. The number of methoxy groups -OCH3 is 1. The fourth-order valence-electron chi connectivity index (χ4n) is 1.28. The van der Waals surface area contributed by atoms with Crippen LogP contribution < -0.4 is 10.1 Å². The maximum Gasteiger partial charge on any atom is 0.136 e. The Labute approximate surface area is 96.0 Å². The maximum atomic E-state index is 8.91. The molecule has 0 spiro atoms. The quantitative estimate of drug-likeness (QED) is 0.775. The molecule has 3 nitrogen and oxygen atoms in total. The van der Waals surface area contributed by atoms with Gasteiger partial charge in [-0.3, -0.25) is 5.32 Å². The van der Waals surface area contributed by atoms with Gasteiger partial charge in [-0.25, -0.2) is 0 Å². The van der Waals surface area contributed by atoms with Crippen LogP contribution in [0.25, 0.3) is 0 Å². The van der Waals surface area contributed by atoms with Gasteiger partial charge in [-0.1, -0.05) is 12.0 Å². The smallest absolute Gasteiger partial charge is 0.136 e. The van der Waals surface area contributed by atoms with E-state index in [1.165, 1.54) is 0 Å². The number of benzene rings is 1. The van der Waals surface area contributed by atoms with Crippen molar-refractivity contribution in [2.75, 3.05) is 7.11 Å². The molecule has 0 aliphatic rings. The molecule has 0 saturated heterocycles. The second kappa shape index (κ2) is 5.80. The first-order valence-electron chi connectivity index (χ1n) is 4.97. The Morgan fingerprint density at radius 3 is 2.88 bits per heavy atom. The highest BCUT2D eigenvalue weighted by Gasteiger charge is 2.04. The van der Waals surface area contributed by atoms with Gasteiger partial charge in [-0.05, 0) is 24.6 Å². The highest BCUT2D eigenvalue weighted by atomic mass is 16.5. The number of nitriles is 1. The predicted molar refractivity (Wildman–Crippen MR) is 62.8 cm³/mol. The molecule has 0 saturated carbocycles. The van der Waals surface area contributed by atoms with Crippen LogP contribution in [-0.2, 0) is 6.54 Å². The average molecular weight is 214 g/mol. The maximum absolute atomic E-state index is 8.91.